The van der Waals surface area contributed by atoms with Crippen LogP contribution < -0.4 is 21.3 Å². The highest BCUT2D eigenvalue weighted by atomic mass is 127. The smallest absolute Gasteiger partial charge is 0.326 e. The molecule has 3 unspecified atom stereocenters. The van der Waals surface area contributed by atoms with Crippen LogP contribution in [0.1, 0.15) is 96.6 Å². The van der Waals surface area contributed by atoms with Crippen LogP contribution in [0.4, 0.5) is 0 Å². The second kappa shape index (κ2) is 23.0. The van der Waals surface area contributed by atoms with Gasteiger partial charge in [0.1, 0.15) is 23.6 Å². The fraction of sp³-hybridized carbons (Fsp3) is 0.553. The van der Waals surface area contributed by atoms with E-state index in [2.05, 4.69) is 21.3 Å². The molecule has 3 amide bonds. The Bertz CT molecular complexity index is 1390. The number of halogens is 1. The summed E-state index contributed by atoms with van der Waals surface area (Å²) in [5.41, 5.74) is 1.64. The molecule has 0 aliphatic carbocycles. The molecule has 276 valence electrons. The molecule has 2 aromatic rings. The summed E-state index contributed by atoms with van der Waals surface area (Å²) in [5.74, 6) is -1.75. The standard InChI is InChI=1S/C38H55IN4O7/c1-25(2)33(44)17-10-5-6-11-18-35(46)40-21-13-12-16-30(38(49)50)42-37(48)32(23-27-14-8-7-9-15-27)43-36(47)31(41-26(3)4)24-28-19-20-34(45)29(39)22-28/h7-9,14-15,19-20,22,25-26,30-32,41,45H,5-6,10-13,16-18,21,23-24H2,1-4H3,(H,40,46)(H,42,48)(H,43,47)(H,49,50). The molecule has 0 spiro atoms. The molecule has 6 N–H and O–H groups in total. The first-order valence-electron chi connectivity index (χ1n) is 17.7. The quantitative estimate of drug-likeness (QED) is 0.0632. The highest BCUT2D eigenvalue weighted by Crippen LogP contribution is 2.21. The molecule has 12 heteroatoms. The van der Waals surface area contributed by atoms with E-state index in [9.17, 15) is 34.2 Å². The molecular weight excluding hydrogens is 751 g/mol. The SMILES string of the molecule is CC(C)NC(Cc1ccc(O)c(I)c1)C(=O)NC(Cc1ccccc1)C(=O)NC(CCCCNC(=O)CCCCCCC(=O)C(C)C)C(=O)O. The first-order valence-corrected chi connectivity index (χ1v) is 18.7. The van der Waals surface area contributed by atoms with Gasteiger partial charge in [0.2, 0.25) is 17.7 Å². The fourth-order valence-electron chi connectivity index (χ4n) is 5.42. The molecule has 0 saturated carbocycles. The second-order valence-electron chi connectivity index (χ2n) is 13.4. The van der Waals surface area contributed by atoms with Crippen molar-refractivity contribution in [3.63, 3.8) is 0 Å². The first-order chi connectivity index (χ1) is 23.8. The lowest BCUT2D eigenvalue weighted by molar-refractivity contribution is -0.142. The maximum Gasteiger partial charge on any atom is 0.326 e. The van der Waals surface area contributed by atoms with E-state index in [1.807, 2.05) is 80.6 Å². The summed E-state index contributed by atoms with van der Waals surface area (Å²) in [6, 6.07) is 11.4. The number of phenolic OH excluding ortho intramolecular Hbond substituents is 1. The van der Waals surface area contributed by atoms with Gasteiger partial charge in [-0.15, -0.1) is 0 Å². The molecule has 0 saturated heterocycles. The molecule has 50 heavy (non-hydrogen) atoms. The summed E-state index contributed by atoms with van der Waals surface area (Å²) in [6.07, 6.45) is 6.03. The number of Topliss-reactive ketones (excluding diaryl/α,β-unsaturated/α-hetero) is 1. The Morgan fingerprint density at radius 1 is 0.720 bits per heavy atom. The number of nitrogens with one attached hydrogen (secondary N) is 4. The summed E-state index contributed by atoms with van der Waals surface area (Å²) in [5, 5.41) is 31.5. The topological polar surface area (TPSA) is 174 Å². The van der Waals surface area contributed by atoms with E-state index in [-0.39, 0.29) is 42.2 Å². The zero-order chi connectivity index (χ0) is 37.1. The van der Waals surface area contributed by atoms with E-state index in [1.54, 1.807) is 18.2 Å². The number of carbonyl (C=O) groups is 5. The molecule has 0 fully saturated rings. The van der Waals surface area contributed by atoms with Gasteiger partial charge in [0, 0.05) is 37.8 Å². The number of aliphatic carboxylic acids is 1. The molecule has 2 aromatic carbocycles. The molecule has 3 atom stereocenters. The largest absolute Gasteiger partial charge is 0.507 e. The maximum absolute atomic E-state index is 13.6. The Morgan fingerprint density at radius 3 is 1.96 bits per heavy atom. The minimum atomic E-state index is -1.18. The molecule has 0 aliphatic heterocycles. The molecule has 0 bridgehead atoms. The van der Waals surface area contributed by atoms with Crippen LogP contribution in [-0.2, 0) is 36.8 Å². The van der Waals surface area contributed by atoms with Gasteiger partial charge in [-0.1, -0.05) is 76.9 Å². The lowest BCUT2D eigenvalue weighted by Crippen LogP contribution is -2.57. The Labute approximate surface area is 310 Å². The van der Waals surface area contributed by atoms with Crippen LogP contribution in [0.2, 0.25) is 0 Å². The van der Waals surface area contributed by atoms with Gasteiger partial charge in [-0.05, 0) is 84.4 Å². The number of unbranched alkanes of at least 4 members (excludes halogenated alkanes) is 4. The van der Waals surface area contributed by atoms with Crippen molar-refractivity contribution in [3.8, 4) is 5.75 Å². The number of benzene rings is 2. The lowest BCUT2D eigenvalue weighted by atomic mass is 10.0. The van der Waals surface area contributed by atoms with Crippen LogP contribution in [0.15, 0.2) is 48.5 Å². The van der Waals surface area contributed by atoms with Gasteiger partial charge < -0.3 is 31.5 Å². The zero-order valence-corrected chi connectivity index (χ0v) is 32.0. The predicted molar refractivity (Wildman–Crippen MR) is 203 cm³/mol. The van der Waals surface area contributed by atoms with E-state index < -0.39 is 35.9 Å². The first kappa shape index (κ1) is 42.6. The Kier molecular flexibility index (Phi) is 19.7. The summed E-state index contributed by atoms with van der Waals surface area (Å²) in [6.45, 7) is 8.04. The van der Waals surface area contributed by atoms with Crippen molar-refractivity contribution >= 4 is 52.1 Å². The monoisotopic (exact) mass is 806 g/mol. The Morgan fingerprint density at radius 2 is 1.34 bits per heavy atom. The summed E-state index contributed by atoms with van der Waals surface area (Å²) < 4.78 is 0.658. The lowest BCUT2D eigenvalue weighted by Gasteiger charge is -2.26. The number of aromatic hydroxyl groups is 1. The fourth-order valence-corrected chi connectivity index (χ4v) is 6.00. The minimum Gasteiger partial charge on any atom is -0.507 e. The van der Waals surface area contributed by atoms with Crippen molar-refractivity contribution < 1.29 is 34.2 Å². The molecule has 0 aromatic heterocycles. The molecule has 0 heterocycles. The Balaban J connectivity index is 1.93. The van der Waals surface area contributed by atoms with Crippen molar-refractivity contribution in [3.05, 3.63) is 63.2 Å². The maximum atomic E-state index is 13.6. The van der Waals surface area contributed by atoms with Crippen molar-refractivity contribution in [1.82, 2.24) is 21.3 Å². The number of ketones is 1. The van der Waals surface area contributed by atoms with E-state index >= 15 is 0 Å². The van der Waals surface area contributed by atoms with Crippen molar-refractivity contribution in [1.29, 1.82) is 0 Å². The molecule has 0 aliphatic rings. The third-order valence-corrected chi connectivity index (χ3v) is 9.16. The molecule has 2 rings (SSSR count). The van der Waals surface area contributed by atoms with Gasteiger partial charge in [-0.2, -0.15) is 0 Å². The van der Waals surface area contributed by atoms with Crippen LogP contribution in [0.5, 0.6) is 5.75 Å². The number of carboxylic acids is 1. The van der Waals surface area contributed by atoms with Crippen molar-refractivity contribution in [2.45, 2.75) is 122 Å². The van der Waals surface area contributed by atoms with Gasteiger partial charge in [0.15, 0.2) is 0 Å². The van der Waals surface area contributed by atoms with E-state index in [1.165, 1.54) is 0 Å². The summed E-state index contributed by atoms with van der Waals surface area (Å²) in [7, 11) is 0. The minimum absolute atomic E-state index is 0.0398. The van der Waals surface area contributed by atoms with Gasteiger partial charge >= 0.3 is 5.97 Å². The molecule has 11 nitrogen and oxygen atoms in total. The van der Waals surface area contributed by atoms with Gasteiger partial charge in [-0.25, -0.2) is 4.79 Å². The van der Waals surface area contributed by atoms with Crippen LogP contribution in [0, 0.1) is 9.49 Å². The van der Waals surface area contributed by atoms with Gasteiger partial charge in [-0.3, -0.25) is 19.2 Å². The average molecular weight is 807 g/mol. The number of hydrogen-bond donors (Lipinski definition) is 6. The Hall–Kier alpha value is -3.52. The van der Waals surface area contributed by atoms with E-state index in [0.29, 0.717) is 42.2 Å². The predicted octanol–water partition coefficient (Wildman–Crippen LogP) is 5.06. The van der Waals surface area contributed by atoms with Crippen LogP contribution in [0.3, 0.4) is 0 Å². The average Bonchev–Trinajstić information content (AvgIpc) is 3.06. The van der Waals surface area contributed by atoms with Gasteiger partial charge in [0.25, 0.3) is 0 Å². The highest BCUT2D eigenvalue weighted by molar-refractivity contribution is 14.1. The molecule has 0 radical (unpaired) electrons. The zero-order valence-electron chi connectivity index (χ0n) is 29.8. The van der Waals surface area contributed by atoms with Crippen molar-refractivity contribution in [2.75, 3.05) is 6.54 Å². The second-order valence-corrected chi connectivity index (χ2v) is 14.6. The van der Waals surface area contributed by atoms with E-state index in [0.717, 1.165) is 36.8 Å². The van der Waals surface area contributed by atoms with Crippen LogP contribution in [0.25, 0.3) is 0 Å². The normalized spacial score (nSPS) is 13.0. The van der Waals surface area contributed by atoms with Crippen LogP contribution in [-0.4, -0.2) is 70.4 Å². The van der Waals surface area contributed by atoms with E-state index in [4.69, 9.17) is 0 Å². The number of amides is 3. The third-order valence-electron chi connectivity index (χ3n) is 8.30. The van der Waals surface area contributed by atoms with Gasteiger partial charge in [0.05, 0.1) is 9.61 Å². The number of carbonyl (C=O) groups excluding carboxylic acids is 4. The number of rotatable bonds is 24. The molecular formula is C38H55IN4O7. The van der Waals surface area contributed by atoms with Crippen molar-refractivity contribution in [2.24, 2.45) is 5.92 Å². The van der Waals surface area contributed by atoms with Crippen LogP contribution >= 0.6 is 22.6 Å². The third kappa shape index (κ3) is 16.9. The number of carboxylic acid groups (broad SMARTS) is 1. The number of phenols is 1. The highest BCUT2D eigenvalue weighted by Gasteiger charge is 2.29. The summed E-state index contributed by atoms with van der Waals surface area (Å²) >= 11 is 2.03. The summed E-state index contributed by atoms with van der Waals surface area (Å²) in [4.78, 5) is 63.3. The number of hydrogen-bond acceptors (Lipinski definition) is 7.